The third-order valence-corrected chi connectivity index (χ3v) is 25.8. The van der Waals surface area contributed by atoms with Gasteiger partial charge in [0.05, 0.1) is 44.5 Å². The fourth-order valence-electron chi connectivity index (χ4n) is 20.5. The molecule has 536 valence electrons. The molecule has 24 rings (SSSR count). The van der Waals surface area contributed by atoms with Crippen LogP contribution in [-0.4, -0.2) is 13.7 Å². The summed E-state index contributed by atoms with van der Waals surface area (Å²) in [4.78, 5) is 0. The normalized spacial score (nSPS) is 14.0. The van der Waals surface area contributed by atoms with Crippen LogP contribution in [0.5, 0.6) is 0 Å². The maximum Gasteiger partial charge on any atom is 0.0547 e. The van der Waals surface area contributed by atoms with Gasteiger partial charge in [0.2, 0.25) is 0 Å². The van der Waals surface area contributed by atoms with Gasteiger partial charge in [-0.2, -0.15) is 0 Å². The number of rotatable bonds is 8. The van der Waals surface area contributed by atoms with Crippen LogP contribution >= 0.6 is 0 Å². The lowest BCUT2D eigenvalue weighted by Gasteiger charge is -2.22. The highest BCUT2D eigenvalue weighted by atomic mass is 15.0. The highest BCUT2D eigenvalue weighted by molar-refractivity contribution is 6.20. The second-order valence-electron chi connectivity index (χ2n) is 32.5. The van der Waals surface area contributed by atoms with Crippen molar-refractivity contribution >= 4 is 87.0 Å². The first kappa shape index (κ1) is 65.7. The number of hydrogen-bond donors (Lipinski definition) is 0. The lowest BCUT2D eigenvalue weighted by atomic mass is 9.80. The fraction of sp³-hybridized carbons (Fsp3) is 0.0631. The second kappa shape index (κ2) is 25.2. The van der Waals surface area contributed by atoms with E-state index in [1.807, 2.05) is 0 Å². The number of nitrogens with zero attached hydrogens (tertiary/aromatic N) is 3. The SMILES string of the molecule is CC1(C)c2ccccc2-c2c1ccc1c2c2cc(-c3ccc4c(c3)-c3ccccc3C4c3ccc(-c4ccccc4)cc3)ccc2n1-c1cccc2ccccc12.CC1(C)c2ccccc2-c2ccc3c(c21)c1cc(-c2ccc4c(c2)c2ccccc2n4-c2ccc(-c4ccccc4)cc2)ccc1n3-c1cccc2ccccc12. The molecule has 0 fully saturated rings. The van der Waals surface area contributed by atoms with E-state index >= 15 is 0 Å². The predicted octanol–water partition coefficient (Wildman–Crippen LogP) is 29.4. The van der Waals surface area contributed by atoms with Crippen molar-refractivity contribution in [2.45, 2.75) is 44.4 Å². The van der Waals surface area contributed by atoms with Crippen molar-refractivity contribution in [3.63, 3.8) is 0 Å². The highest BCUT2D eigenvalue weighted by Gasteiger charge is 2.40. The summed E-state index contributed by atoms with van der Waals surface area (Å²) in [6, 6.07) is 144. The number of fused-ring (bicyclic) bond motifs is 22. The average molecular weight is 1450 g/mol. The number of aromatic nitrogens is 3. The first-order chi connectivity index (χ1) is 56.1. The molecule has 0 saturated carbocycles. The summed E-state index contributed by atoms with van der Waals surface area (Å²) in [5.74, 6) is 0.197. The van der Waals surface area contributed by atoms with Crippen LogP contribution < -0.4 is 0 Å². The Hall–Kier alpha value is -14.1. The van der Waals surface area contributed by atoms with Crippen LogP contribution in [0.4, 0.5) is 0 Å². The quantitative estimate of drug-likeness (QED) is 0.144. The van der Waals surface area contributed by atoms with Crippen molar-refractivity contribution in [1.82, 2.24) is 13.7 Å². The highest BCUT2D eigenvalue weighted by Crippen LogP contribution is 2.57. The van der Waals surface area contributed by atoms with Crippen LogP contribution in [0.15, 0.2) is 388 Å². The molecule has 3 aliphatic carbocycles. The molecule has 3 aromatic heterocycles. The van der Waals surface area contributed by atoms with Crippen molar-refractivity contribution in [3.8, 4) is 95.0 Å². The van der Waals surface area contributed by atoms with E-state index in [2.05, 4.69) is 430 Å². The van der Waals surface area contributed by atoms with Gasteiger partial charge in [-0.15, -0.1) is 0 Å². The summed E-state index contributed by atoms with van der Waals surface area (Å²) in [6.07, 6.45) is 0. The van der Waals surface area contributed by atoms with Gasteiger partial charge in [0.15, 0.2) is 0 Å². The Morgan fingerprint density at radius 2 is 0.658 bits per heavy atom. The molecule has 0 bridgehead atoms. The zero-order valence-electron chi connectivity index (χ0n) is 63.9. The minimum absolute atomic E-state index is 0.0859. The second-order valence-corrected chi connectivity index (χ2v) is 32.5. The van der Waals surface area contributed by atoms with Crippen LogP contribution in [-0.2, 0) is 10.8 Å². The zero-order chi connectivity index (χ0) is 75.7. The Labute approximate surface area is 662 Å². The van der Waals surface area contributed by atoms with E-state index in [9.17, 15) is 0 Å². The Morgan fingerprint density at radius 3 is 1.30 bits per heavy atom. The third-order valence-electron chi connectivity index (χ3n) is 25.8. The molecule has 1 atom stereocenters. The van der Waals surface area contributed by atoms with E-state index in [4.69, 9.17) is 0 Å². The van der Waals surface area contributed by atoms with Crippen LogP contribution in [0, 0.1) is 0 Å². The average Bonchev–Trinajstić information content (AvgIpc) is 1.54. The minimum Gasteiger partial charge on any atom is -0.309 e. The van der Waals surface area contributed by atoms with Gasteiger partial charge >= 0.3 is 0 Å². The largest absolute Gasteiger partial charge is 0.309 e. The van der Waals surface area contributed by atoms with E-state index in [0.717, 1.165) is 5.69 Å². The Morgan fingerprint density at radius 1 is 0.228 bits per heavy atom. The Balaban J connectivity index is 0.000000135. The first-order valence-corrected chi connectivity index (χ1v) is 40.1. The molecular formula is C111H77N3. The topological polar surface area (TPSA) is 14.8 Å². The summed E-state index contributed by atoms with van der Waals surface area (Å²) in [7, 11) is 0. The summed E-state index contributed by atoms with van der Waals surface area (Å²) in [6.45, 7) is 9.57. The van der Waals surface area contributed by atoms with Gasteiger partial charge < -0.3 is 13.7 Å². The molecule has 0 spiro atoms. The van der Waals surface area contributed by atoms with E-state index in [1.54, 1.807) is 0 Å². The lowest BCUT2D eigenvalue weighted by Crippen LogP contribution is -2.15. The van der Waals surface area contributed by atoms with Crippen LogP contribution in [0.2, 0.25) is 0 Å². The third kappa shape index (κ3) is 9.82. The van der Waals surface area contributed by atoms with Gasteiger partial charge in [-0.3, -0.25) is 0 Å². The molecule has 3 aliphatic rings. The molecule has 1 unspecified atom stereocenters. The van der Waals surface area contributed by atoms with Gasteiger partial charge in [0.25, 0.3) is 0 Å². The number of benzene rings is 18. The zero-order valence-corrected chi connectivity index (χ0v) is 63.9. The van der Waals surface area contributed by atoms with E-state index in [0.29, 0.717) is 0 Å². The van der Waals surface area contributed by atoms with Gasteiger partial charge in [0.1, 0.15) is 0 Å². The standard InChI is InChI=1S/C56H39N.C55H38N2/c1-56(2)48-21-11-10-20-45(48)54-49(56)30-32-52-55(54)47-34-40(28-31-51(47)57(52)50-22-12-16-37-15-6-7-17-41(37)50)39-27-29-44-46(33-39)42-18-8-9-19-43(42)53(44)38-25-23-36(24-26-38)35-13-4-3-5-14-35;1-55(2)47-20-10-8-18-42(47)44-29-32-52-53(54(44)55)46-34-39(26-31-51(46)57(52)48-22-12-16-37-15-6-7-17-41(37)48)38-25-30-50-45(33-38)43-19-9-11-21-49(43)56(50)40-27-23-36(24-28-40)35-13-4-3-5-14-35/h3-34,53H,1-2H3;3-34H,1-2H3. The van der Waals surface area contributed by atoms with Crippen molar-refractivity contribution in [2.24, 2.45) is 0 Å². The van der Waals surface area contributed by atoms with Crippen LogP contribution in [0.25, 0.3) is 182 Å². The predicted molar refractivity (Wildman–Crippen MR) is 481 cm³/mol. The Bertz CT molecular complexity index is 7560. The first-order valence-electron chi connectivity index (χ1n) is 40.1. The molecule has 0 saturated heterocycles. The number of para-hydroxylation sites is 1. The van der Waals surface area contributed by atoms with Gasteiger partial charge in [0, 0.05) is 65.5 Å². The summed E-state index contributed by atoms with van der Waals surface area (Å²) < 4.78 is 7.43. The lowest BCUT2D eigenvalue weighted by molar-refractivity contribution is 0.661. The monoisotopic (exact) mass is 1450 g/mol. The van der Waals surface area contributed by atoms with Crippen molar-refractivity contribution in [1.29, 1.82) is 0 Å². The molecule has 0 amide bonds. The molecule has 3 heterocycles. The van der Waals surface area contributed by atoms with Crippen LogP contribution in [0.3, 0.4) is 0 Å². The molecule has 3 heteroatoms. The van der Waals surface area contributed by atoms with E-state index < -0.39 is 0 Å². The fourth-order valence-corrected chi connectivity index (χ4v) is 20.5. The molecule has 0 radical (unpaired) electrons. The summed E-state index contributed by atoms with van der Waals surface area (Å²) in [5, 5.41) is 12.8. The maximum absolute atomic E-state index is 2.51. The Kier molecular flexibility index (Phi) is 14.5. The van der Waals surface area contributed by atoms with Gasteiger partial charge in [-0.25, -0.2) is 0 Å². The summed E-state index contributed by atoms with van der Waals surface area (Å²) in [5.41, 5.74) is 38.3. The van der Waals surface area contributed by atoms with Gasteiger partial charge in [-0.05, 0) is 213 Å². The van der Waals surface area contributed by atoms with E-state index in [1.165, 1.54) is 215 Å². The molecular weight excluding hydrogens is 1380 g/mol. The van der Waals surface area contributed by atoms with Crippen molar-refractivity contribution in [3.05, 3.63) is 427 Å². The van der Waals surface area contributed by atoms with Gasteiger partial charge in [-0.1, -0.05) is 331 Å². The van der Waals surface area contributed by atoms with Crippen LogP contribution in [0.1, 0.15) is 72.6 Å². The molecule has 21 aromatic rings. The minimum atomic E-state index is -0.153. The molecule has 3 nitrogen and oxygen atoms in total. The van der Waals surface area contributed by atoms with E-state index in [-0.39, 0.29) is 16.7 Å². The smallest absolute Gasteiger partial charge is 0.0547 e. The molecule has 0 N–H and O–H groups in total. The number of hydrogen-bond acceptors (Lipinski definition) is 0. The van der Waals surface area contributed by atoms with Crippen molar-refractivity contribution < 1.29 is 0 Å². The summed E-state index contributed by atoms with van der Waals surface area (Å²) >= 11 is 0. The molecule has 18 aromatic carbocycles. The maximum atomic E-state index is 2.51. The van der Waals surface area contributed by atoms with Crippen molar-refractivity contribution in [2.75, 3.05) is 0 Å². The molecule has 114 heavy (non-hydrogen) atoms. The molecule has 0 aliphatic heterocycles.